The summed E-state index contributed by atoms with van der Waals surface area (Å²) in [6, 6.07) is 0. The molecule has 1 aliphatic heterocycles. The number of rotatable bonds is 8. The fraction of sp³-hybridized carbons (Fsp3) is 0.778. The summed E-state index contributed by atoms with van der Waals surface area (Å²) in [5.74, 6) is 0.886. The first-order chi connectivity index (χ1) is 11.7. The Balaban J connectivity index is 1.54. The zero-order valence-electron chi connectivity index (χ0n) is 15.5. The summed E-state index contributed by atoms with van der Waals surface area (Å²) in [5.41, 5.74) is 1.12. The number of aliphatic imine (C=N–C) groups is 1. The van der Waals surface area contributed by atoms with Gasteiger partial charge in [-0.05, 0) is 59.2 Å². The molecular weight excluding hydrogens is 318 g/mol. The van der Waals surface area contributed by atoms with E-state index in [1.807, 2.05) is 7.05 Å². The molecule has 0 spiro atoms. The van der Waals surface area contributed by atoms with Crippen LogP contribution < -0.4 is 10.6 Å². The molecule has 0 amide bonds. The van der Waals surface area contributed by atoms with Crippen LogP contribution in [0.2, 0.25) is 0 Å². The number of nitrogens with zero attached hydrogens (tertiary/aromatic N) is 3. The van der Waals surface area contributed by atoms with Gasteiger partial charge in [-0.15, -0.1) is 11.3 Å². The van der Waals surface area contributed by atoms with Crippen molar-refractivity contribution in [2.45, 2.75) is 58.9 Å². The first kappa shape index (κ1) is 19.2. The average molecular weight is 352 g/mol. The minimum Gasteiger partial charge on any atom is -0.356 e. The third-order valence-corrected chi connectivity index (χ3v) is 5.60. The standard InChI is InChI=1S/C18H33N5S/c1-15-17(24-16(2)22-15)14-21-18(19-3)20-10-6-4-7-11-23-12-8-5-9-13-23/h4-14H2,1-3H3,(H2,19,20,21). The van der Waals surface area contributed by atoms with Crippen molar-refractivity contribution in [1.82, 2.24) is 20.5 Å². The fourth-order valence-electron chi connectivity index (χ4n) is 3.15. The molecule has 6 heteroatoms. The summed E-state index contributed by atoms with van der Waals surface area (Å²) in [6.45, 7) is 9.80. The quantitative estimate of drug-likeness (QED) is 0.429. The van der Waals surface area contributed by atoms with E-state index in [2.05, 4.69) is 39.4 Å². The number of unbranched alkanes of at least 4 members (excludes halogenated alkanes) is 2. The highest BCUT2D eigenvalue weighted by Crippen LogP contribution is 2.16. The van der Waals surface area contributed by atoms with Crippen LogP contribution in [0.25, 0.3) is 0 Å². The van der Waals surface area contributed by atoms with Crippen molar-refractivity contribution < 1.29 is 0 Å². The smallest absolute Gasteiger partial charge is 0.191 e. The number of likely N-dealkylation sites (tertiary alicyclic amines) is 1. The molecule has 5 nitrogen and oxygen atoms in total. The van der Waals surface area contributed by atoms with E-state index in [-0.39, 0.29) is 0 Å². The van der Waals surface area contributed by atoms with Gasteiger partial charge in [0.05, 0.1) is 17.2 Å². The van der Waals surface area contributed by atoms with Crippen LogP contribution in [0.15, 0.2) is 4.99 Å². The van der Waals surface area contributed by atoms with Crippen molar-refractivity contribution >= 4 is 17.3 Å². The van der Waals surface area contributed by atoms with Crippen LogP contribution in [0.5, 0.6) is 0 Å². The van der Waals surface area contributed by atoms with Crippen LogP contribution in [0.1, 0.15) is 54.1 Å². The predicted octanol–water partition coefficient (Wildman–Crippen LogP) is 3.08. The molecule has 136 valence electrons. The summed E-state index contributed by atoms with van der Waals surface area (Å²) < 4.78 is 0. The zero-order valence-corrected chi connectivity index (χ0v) is 16.3. The predicted molar refractivity (Wildman–Crippen MR) is 104 cm³/mol. The highest BCUT2D eigenvalue weighted by atomic mass is 32.1. The van der Waals surface area contributed by atoms with Crippen molar-refractivity contribution in [1.29, 1.82) is 0 Å². The summed E-state index contributed by atoms with van der Waals surface area (Å²) in [4.78, 5) is 12.7. The molecule has 2 heterocycles. The second kappa shape index (κ2) is 10.7. The molecule has 1 saturated heterocycles. The summed E-state index contributed by atoms with van der Waals surface area (Å²) in [5, 5.41) is 7.92. The molecule has 0 atom stereocenters. The van der Waals surface area contributed by atoms with E-state index in [1.54, 1.807) is 11.3 Å². The Labute approximate surface area is 151 Å². The minimum absolute atomic E-state index is 0.798. The van der Waals surface area contributed by atoms with Crippen LogP contribution in [0.3, 0.4) is 0 Å². The lowest BCUT2D eigenvalue weighted by Crippen LogP contribution is -2.37. The van der Waals surface area contributed by atoms with E-state index < -0.39 is 0 Å². The summed E-state index contributed by atoms with van der Waals surface area (Å²) >= 11 is 1.75. The van der Waals surface area contributed by atoms with Crippen LogP contribution in [0, 0.1) is 13.8 Å². The van der Waals surface area contributed by atoms with Gasteiger partial charge in [-0.1, -0.05) is 12.8 Å². The van der Waals surface area contributed by atoms with Gasteiger partial charge in [-0.25, -0.2) is 4.98 Å². The molecule has 2 rings (SSSR count). The van der Waals surface area contributed by atoms with Crippen molar-refractivity contribution in [2.75, 3.05) is 33.2 Å². The highest BCUT2D eigenvalue weighted by Gasteiger charge is 2.09. The Morgan fingerprint density at radius 3 is 2.58 bits per heavy atom. The summed E-state index contributed by atoms with van der Waals surface area (Å²) in [6.07, 6.45) is 8.01. The largest absolute Gasteiger partial charge is 0.356 e. The van der Waals surface area contributed by atoms with E-state index in [1.165, 1.54) is 63.0 Å². The maximum Gasteiger partial charge on any atom is 0.191 e. The van der Waals surface area contributed by atoms with Crippen molar-refractivity contribution in [2.24, 2.45) is 4.99 Å². The average Bonchev–Trinajstić information content (AvgIpc) is 2.92. The third kappa shape index (κ3) is 6.77. The van der Waals surface area contributed by atoms with E-state index in [4.69, 9.17) is 0 Å². The number of guanidine groups is 1. The Bertz CT molecular complexity index is 506. The molecule has 24 heavy (non-hydrogen) atoms. The first-order valence-electron chi connectivity index (χ1n) is 9.29. The van der Waals surface area contributed by atoms with E-state index in [0.29, 0.717) is 0 Å². The molecule has 0 unspecified atom stereocenters. The van der Waals surface area contributed by atoms with Gasteiger partial charge in [0.25, 0.3) is 0 Å². The van der Waals surface area contributed by atoms with Crippen molar-refractivity contribution in [3.63, 3.8) is 0 Å². The lowest BCUT2D eigenvalue weighted by atomic mass is 10.1. The Morgan fingerprint density at radius 1 is 1.12 bits per heavy atom. The number of aryl methyl sites for hydroxylation is 2. The first-order valence-corrected chi connectivity index (χ1v) is 10.1. The van der Waals surface area contributed by atoms with Gasteiger partial charge >= 0.3 is 0 Å². The van der Waals surface area contributed by atoms with E-state index >= 15 is 0 Å². The molecule has 0 radical (unpaired) electrons. The minimum atomic E-state index is 0.798. The molecule has 0 bridgehead atoms. The number of aromatic nitrogens is 1. The number of thiazole rings is 1. The number of nitrogens with one attached hydrogen (secondary N) is 2. The van der Waals surface area contributed by atoms with Gasteiger partial charge in [-0.3, -0.25) is 4.99 Å². The van der Waals surface area contributed by atoms with Gasteiger partial charge in [0.1, 0.15) is 0 Å². The number of hydrogen-bond donors (Lipinski definition) is 2. The zero-order chi connectivity index (χ0) is 17.2. The van der Waals surface area contributed by atoms with Gasteiger partial charge < -0.3 is 15.5 Å². The number of piperidine rings is 1. The molecule has 1 aromatic heterocycles. The van der Waals surface area contributed by atoms with Crippen molar-refractivity contribution in [3.8, 4) is 0 Å². The molecule has 1 aliphatic rings. The molecule has 0 saturated carbocycles. The van der Waals surface area contributed by atoms with Crippen molar-refractivity contribution in [3.05, 3.63) is 15.6 Å². The molecular formula is C18H33N5S. The fourth-order valence-corrected chi connectivity index (χ4v) is 4.03. The van der Waals surface area contributed by atoms with Crippen LogP contribution >= 0.6 is 11.3 Å². The second-order valence-electron chi connectivity index (χ2n) is 6.56. The number of hydrogen-bond acceptors (Lipinski definition) is 4. The van der Waals surface area contributed by atoms with Gasteiger partial charge in [0.15, 0.2) is 5.96 Å². The van der Waals surface area contributed by atoms with Gasteiger partial charge in [0, 0.05) is 18.5 Å². The maximum absolute atomic E-state index is 4.46. The lowest BCUT2D eigenvalue weighted by Gasteiger charge is -2.26. The maximum atomic E-state index is 4.46. The topological polar surface area (TPSA) is 52.6 Å². The van der Waals surface area contributed by atoms with E-state index in [9.17, 15) is 0 Å². The Hall–Kier alpha value is -1.14. The molecule has 0 aromatic carbocycles. The monoisotopic (exact) mass is 351 g/mol. The Kier molecular flexibility index (Phi) is 8.53. The van der Waals surface area contributed by atoms with Crippen LogP contribution in [-0.2, 0) is 6.54 Å². The molecule has 1 aromatic rings. The molecule has 2 N–H and O–H groups in total. The van der Waals surface area contributed by atoms with Gasteiger partial charge in [0.2, 0.25) is 0 Å². The normalized spacial score (nSPS) is 16.4. The third-order valence-electron chi connectivity index (χ3n) is 4.53. The van der Waals surface area contributed by atoms with Crippen LogP contribution in [-0.4, -0.2) is 49.1 Å². The second-order valence-corrected chi connectivity index (χ2v) is 7.84. The van der Waals surface area contributed by atoms with E-state index in [0.717, 1.165) is 29.8 Å². The Morgan fingerprint density at radius 2 is 1.92 bits per heavy atom. The lowest BCUT2D eigenvalue weighted by molar-refractivity contribution is 0.224. The SMILES string of the molecule is CN=C(NCCCCCN1CCCCC1)NCc1sc(C)nc1C. The molecule has 1 fully saturated rings. The summed E-state index contributed by atoms with van der Waals surface area (Å²) in [7, 11) is 1.83. The molecule has 0 aliphatic carbocycles. The van der Waals surface area contributed by atoms with Gasteiger partial charge in [-0.2, -0.15) is 0 Å². The highest BCUT2D eigenvalue weighted by molar-refractivity contribution is 7.11. The van der Waals surface area contributed by atoms with Crippen LogP contribution in [0.4, 0.5) is 0 Å².